The molecular formula is C14H24O2. The maximum absolute atomic E-state index is 11.1. The third kappa shape index (κ3) is 6.23. The lowest BCUT2D eigenvalue weighted by molar-refractivity contribution is 0.101. The Morgan fingerprint density at radius 2 is 1.62 bits per heavy atom. The summed E-state index contributed by atoms with van der Waals surface area (Å²) >= 11 is 0. The van der Waals surface area contributed by atoms with Crippen molar-refractivity contribution in [1.82, 2.24) is 0 Å². The minimum absolute atomic E-state index is 0.0408. The smallest absolute Gasteiger partial charge is 0.163 e. The molecule has 1 aromatic carbocycles. The van der Waals surface area contributed by atoms with Crippen LogP contribution in [0.15, 0.2) is 24.3 Å². The topological polar surface area (TPSA) is 26.3 Å². The van der Waals surface area contributed by atoms with Crippen LogP contribution < -0.4 is 4.74 Å². The van der Waals surface area contributed by atoms with Crippen molar-refractivity contribution < 1.29 is 9.53 Å². The Bertz CT molecular complexity index is 280. The lowest BCUT2D eigenvalue weighted by Gasteiger charge is -2.06. The summed E-state index contributed by atoms with van der Waals surface area (Å²) in [7, 11) is 0. The lowest BCUT2D eigenvalue weighted by Crippen LogP contribution is -1.99. The van der Waals surface area contributed by atoms with Gasteiger partial charge in [-0.2, -0.15) is 0 Å². The van der Waals surface area contributed by atoms with Crippen molar-refractivity contribution in [3.63, 3.8) is 0 Å². The van der Waals surface area contributed by atoms with Gasteiger partial charge in [0.1, 0.15) is 5.75 Å². The van der Waals surface area contributed by atoms with Crippen molar-refractivity contribution in [3.8, 4) is 5.75 Å². The average Bonchev–Trinajstić information content (AvgIpc) is 2.35. The highest BCUT2D eigenvalue weighted by Gasteiger charge is 2.05. The molecule has 0 saturated heterocycles. The van der Waals surface area contributed by atoms with Crippen molar-refractivity contribution in [2.45, 2.75) is 41.5 Å². The van der Waals surface area contributed by atoms with Crippen LogP contribution in [0.1, 0.15) is 51.9 Å². The summed E-state index contributed by atoms with van der Waals surface area (Å²) in [4.78, 5) is 11.1. The molecular weight excluding hydrogens is 200 g/mol. The number of hydrogen-bond donors (Lipinski definition) is 0. The van der Waals surface area contributed by atoms with Gasteiger partial charge in [-0.1, -0.05) is 39.8 Å². The molecule has 0 bridgehead atoms. The Labute approximate surface area is 99.6 Å². The van der Waals surface area contributed by atoms with Gasteiger partial charge in [-0.15, -0.1) is 0 Å². The Balaban J connectivity index is 0. The molecule has 0 aliphatic heterocycles. The van der Waals surface area contributed by atoms with Crippen molar-refractivity contribution in [3.05, 3.63) is 29.8 Å². The van der Waals surface area contributed by atoms with Gasteiger partial charge in [0.15, 0.2) is 5.78 Å². The summed E-state index contributed by atoms with van der Waals surface area (Å²) < 4.78 is 5.28. The number of ketones is 1. The van der Waals surface area contributed by atoms with E-state index in [-0.39, 0.29) is 5.78 Å². The predicted octanol–water partition coefficient (Wildman–Crippen LogP) is 4.34. The third-order valence-corrected chi connectivity index (χ3v) is 1.57. The zero-order valence-corrected chi connectivity index (χ0v) is 11.3. The molecule has 0 N–H and O–H groups in total. The van der Waals surface area contributed by atoms with Gasteiger partial charge in [0.05, 0.1) is 12.2 Å². The van der Waals surface area contributed by atoms with Crippen molar-refractivity contribution >= 4 is 5.78 Å². The molecule has 0 aromatic heterocycles. The predicted molar refractivity (Wildman–Crippen MR) is 70.3 cm³/mol. The minimum Gasteiger partial charge on any atom is -0.493 e. The van der Waals surface area contributed by atoms with Gasteiger partial charge in [-0.05, 0) is 26.0 Å². The number of rotatable bonds is 3. The summed E-state index contributed by atoms with van der Waals surface area (Å²) in [6.07, 6.45) is 0. The van der Waals surface area contributed by atoms with Crippen LogP contribution in [0.4, 0.5) is 0 Å². The van der Waals surface area contributed by atoms with E-state index < -0.39 is 0 Å². The van der Waals surface area contributed by atoms with E-state index in [0.29, 0.717) is 17.9 Å². The fourth-order valence-corrected chi connectivity index (χ4v) is 1.04. The van der Waals surface area contributed by atoms with E-state index in [9.17, 15) is 4.79 Å². The molecule has 0 unspecified atom stereocenters. The molecule has 0 heterocycles. The van der Waals surface area contributed by atoms with Gasteiger partial charge in [0, 0.05) is 0 Å². The first-order valence-electron chi connectivity index (χ1n) is 5.98. The highest BCUT2D eigenvalue weighted by molar-refractivity contribution is 5.96. The largest absolute Gasteiger partial charge is 0.493 e. The molecule has 0 amide bonds. The molecule has 2 heteroatoms. The summed E-state index contributed by atoms with van der Waals surface area (Å²) in [5, 5.41) is 0. The molecule has 0 aliphatic rings. The highest BCUT2D eigenvalue weighted by atomic mass is 16.5. The second-order valence-electron chi connectivity index (χ2n) is 2.49. The molecule has 0 saturated carbocycles. The van der Waals surface area contributed by atoms with Crippen LogP contribution in [0.5, 0.6) is 5.75 Å². The molecule has 1 aromatic rings. The normalized spacial score (nSPS) is 7.88. The van der Waals surface area contributed by atoms with Crippen LogP contribution in [0.25, 0.3) is 0 Å². The van der Waals surface area contributed by atoms with Gasteiger partial charge in [0.25, 0.3) is 0 Å². The number of Topliss-reactive ketones (excluding diaryl/α,β-unsaturated/α-hetero) is 1. The van der Waals surface area contributed by atoms with Crippen molar-refractivity contribution in [2.75, 3.05) is 6.61 Å². The Morgan fingerprint density at radius 1 is 1.12 bits per heavy atom. The summed E-state index contributed by atoms with van der Waals surface area (Å²) in [5.74, 6) is 0.714. The molecule has 1 rings (SSSR count). The first kappa shape index (κ1) is 17.1. The number of para-hydroxylation sites is 1. The molecule has 0 spiro atoms. The van der Waals surface area contributed by atoms with Gasteiger partial charge >= 0.3 is 0 Å². The Kier molecular flexibility index (Phi) is 12.6. The van der Waals surface area contributed by atoms with Gasteiger partial charge in [-0.25, -0.2) is 0 Å². The minimum atomic E-state index is 0.0408. The van der Waals surface area contributed by atoms with Crippen LogP contribution in [0.3, 0.4) is 0 Å². The zero-order chi connectivity index (χ0) is 13.0. The van der Waals surface area contributed by atoms with Crippen LogP contribution >= 0.6 is 0 Å². The van der Waals surface area contributed by atoms with E-state index >= 15 is 0 Å². The maximum atomic E-state index is 11.1. The number of carbonyl (C=O) groups excluding carboxylic acids is 1. The lowest BCUT2D eigenvalue weighted by atomic mass is 10.1. The SMILES string of the molecule is CC.CC.CCOc1ccccc1C(C)=O. The van der Waals surface area contributed by atoms with E-state index in [4.69, 9.17) is 4.74 Å². The number of carbonyl (C=O) groups is 1. The van der Waals surface area contributed by atoms with E-state index in [1.54, 1.807) is 12.1 Å². The Hall–Kier alpha value is -1.31. The van der Waals surface area contributed by atoms with Gasteiger partial charge in [0.2, 0.25) is 0 Å². The average molecular weight is 224 g/mol. The Morgan fingerprint density at radius 3 is 2.06 bits per heavy atom. The fraction of sp³-hybridized carbons (Fsp3) is 0.500. The number of ether oxygens (including phenoxy) is 1. The van der Waals surface area contributed by atoms with Crippen LogP contribution in [0.2, 0.25) is 0 Å². The third-order valence-electron chi connectivity index (χ3n) is 1.57. The fourth-order valence-electron chi connectivity index (χ4n) is 1.04. The van der Waals surface area contributed by atoms with Crippen LogP contribution in [0, 0.1) is 0 Å². The van der Waals surface area contributed by atoms with Gasteiger partial charge in [-0.3, -0.25) is 4.79 Å². The standard InChI is InChI=1S/C10H12O2.2C2H6/c1-3-12-10-7-5-4-6-9(10)8(2)11;2*1-2/h4-7H,3H2,1-2H3;2*1-2H3. The van der Waals surface area contributed by atoms with Crippen molar-refractivity contribution in [2.24, 2.45) is 0 Å². The monoisotopic (exact) mass is 224 g/mol. The highest BCUT2D eigenvalue weighted by Crippen LogP contribution is 2.17. The first-order valence-corrected chi connectivity index (χ1v) is 5.98. The van der Waals surface area contributed by atoms with Crippen molar-refractivity contribution in [1.29, 1.82) is 0 Å². The van der Waals surface area contributed by atoms with Gasteiger partial charge < -0.3 is 4.74 Å². The number of hydrogen-bond acceptors (Lipinski definition) is 2. The summed E-state index contributed by atoms with van der Waals surface area (Å²) in [5.41, 5.74) is 0.652. The molecule has 0 atom stereocenters. The molecule has 16 heavy (non-hydrogen) atoms. The van der Waals surface area contributed by atoms with Crippen LogP contribution in [-0.4, -0.2) is 12.4 Å². The van der Waals surface area contributed by atoms with E-state index in [1.165, 1.54) is 6.92 Å². The molecule has 2 nitrogen and oxygen atoms in total. The number of benzene rings is 1. The molecule has 92 valence electrons. The molecule has 0 radical (unpaired) electrons. The molecule has 0 aliphatic carbocycles. The zero-order valence-electron chi connectivity index (χ0n) is 11.3. The second kappa shape index (κ2) is 11.8. The first-order chi connectivity index (χ1) is 7.75. The van der Waals surface area contributed by atoms with E-state index in [2.05, 4.69) is 0 Å². The summed E-state index contributed by atoms with van der Waals surface area (Å²) in [6, 6.07) is 7.27. The van der Waals surface area contributed by atoms with E-state index in [1.807, 2.05) is 46.8 Å². The quantitative estimate of drug-likeness (QED) is 0.714. The second-order valence-corrected chi connectivity index (χ2v) is 2.49. The van der Waals surface area contributed by atoms with Crippen LogP contribution in [-0.2, 0) is 0 Å². The summed E-state index contributed by atoms with van der Waals surface area (Å²) in [6.45, 7) is 12.0. The van der Waals surface area contributed by atoms with E-state index in [0.717, 1.165) is 0 Å². The maximum Gasteiger partial charge on any atom is 0.163 e. The molecule has 0 fully saturated rings.